The molecule has 136 valence electrons. The van der Waals surface area contributed by atoms with Gasteiger partial charge >= 0.3 is 5.97 Å². The summed E-state index contributed by atoms with van der Waals surface area (Å²) in [4.78, 5) is 33.8. The van der Waals surface area contributed by atoms with E-state index in [0.29, 0.717) is 12.8 Å². The summed E-state index contributed by atoms with van der Waals surface area (Å²) in [6.07, 6.45) is 0.918. The van der Waals surface area contributed by atoms with Gasteiger partial charge in [0.05, 0.1) is 12.0 Å². The summed E-state index contributed by atoms with van der Waals surface area (Å²) in [5, 5.41) is 11.3. The SMILES string of the molecule is COc1cc(CCC(C)=O)ccc1OC(=O)c1ccc(Cl)cc1[N+](=O)[O-]. The zero-order valence-electron chi connectivity index (χ0n) is 14.2. The number of halogens is 1. The topological polar surface area (TPSA) is 95.7 Å². The van der Waals surface area contributed by atoms with E-state index in [1.807, 2.05) is 0 Å². The van der Waals surface area contributed by atoms with Crippen LogP contribution in [0.2, 0.25) is 5.02 Å². The Hall–Kier alpha value is -2.93. The standard InChI is InChI=1S/C18H16ClNO6/c1-11(21)3-4-12-5-8-16(17(9-12)25-2)26-18(22)14-7-6-13(19)10-15(14)20(23)24/h5-10H,3-4H2,1-2H3. The van der Waals surface area contributed by atoms with Crippen molar-refractivity contribution in [1.82, 2.24) is 0 Å². The first-order valence-electron chi connectivity index (χ1n) is 7.64. The molecule has 7 nitrogen and oxygen atoms in total. The number of ether oxygens (including phenoxy) is 2. The number of aryl methyl sites for hydroxylation is 1. The molecule has 0 bridgehead atoms. The van der Waals surface area contributed by atoms with Gasteiger partial charge in [0, 0.05) is 17.5 Å². The molecule has 0 spiro atoms. The number of nitro groups is 1. The van der Waals surface area contributed by atoms with Crippen LogP contribution in [0.4, 0.5) is 5.69 Å². The minimum Gasteiger partial charge on any atom is -0.493 e. The molecule has 0 aliphatic carbocycles. The molecule has 0 amide bonds. The summed E-state index contributed by atoms with van der Waals surface area (Å²) in [6, 6.07) is 8.56. The van der Waals surface area contributed by atoms with E-state index in [1.165, 1.54) is 32.2 Å². The van der Waals surface area contributed by atoms with Crippen molar-refractivity contribution in [2.24, 2.45) is 0 Å². The fourth-order valence-electron chi connectivity index (χ4n) is 2.26. The second kappa shape index (κ2) is 8.44. The number of nitrogens with zero attached hydrogens (tertiary/aromatic N) is 1. The molecule has 26 heavy (non-hydrogen) atoms. The van der Waals surface area contributed by atoms with Crippen molar-refractivity contribution in [3.8, 4) is 11.5 Å². The van der Waals surface area contributed by atoms with Crippen LogP contribution < -0.4 is 9.47 Å². The van der Waals surface area contributed by atoms with Gasteiger partial charge < -0.3 is 14.3 Å². The van der Waals surface area contributed by atoms with Crippen LogP contribution in [0, 0.1) is 10.1 Å². The van der Waals surface area contributed by atoms with E-state index in [9.17, 15) is 19.7 Å². The molecule has 0 aromatic heterocycles. The van der Waals surface area contributed by atoms with E-state index in [2.05, 4.69) is 0 Å². The van der Waals surface area contributed by atoms with Gasteiger partial charge in [-0.05, 0) is 43.2 Å². The van der Waals surface area contributed by atoms with Crippen LogP contribution in [0.5, 0.6) is 11.5 Å². The Labute approximate surface area is 154 Å². The molecule has 0 fully saturated rings. The number of carbonyl (C=O) groups is 2. The van der Waals surface area contributed by atoms with Crippen molar-refractivity contribution >= 4 is 29.0 Å². The van der Waals surface area contributed by atoms with Gasteiger partial charge in [0.2, 0.25) is 0 Å². The van der Waals surface area contributed by atoms with E-state index in [0.717, 1.165) is 11.6 Å². The van der Waals surface area contributed by atoms with Gasteiger partial charge in [-0.3, -0.25) is 10.1 Å². The number of methoxy groups -OCH3 is 1. The lowest BCUT2D eigenvalue weighted by Crippen LogP contribution is -2.12. The predicted octanol–water partition coefficient (Wildman–Crippen LogP) is 4.00. The van der Waals surface area contributed by atoms with Gasteiger partial charge in [-0.2, -0.15) is 0 Å². The molecule has 0 aliphatic rings. The fourth-order valence-corrected chi connectivity index (χ4v) is 2.42. The highest BCUT2D eigenvalue weighted by atomic mass is 35.5. The molecule has 0 N–H and O–H groups in total. The Morgan fingerprint density at radius 3 is 2.50 bits per heavy atom. The van der Waals surface area contributed by atoms with Crippen LogP contribution in [-0.4, -0.2) is 23.8 Å². The Morgan fingerprint density at radius 1 is 1.15 bits per heavy atom. The van der Waals surface area contributed by atoms with Crippen LogP contribution in [-0.2, 0) is 11.2 Å². The predicted molar refractivity (Wildman–Crippen MR) is 95.1 cm³/mol. The average molecular weight is 378 g/mol. The van der Waals surface area contributed by atoms with Crippen LogP contribution in [0.3, 0.4) is 0 Å². The number of carbonyl (C=O) groups excluding carboxylic acids is 2. The molecule has 0 saturated carbocycles. The third kappa shape index (κ3) is 4.80. The van der Waals surface area contributed by atoms with Gasteiger partial charge in [0.15, 0.2) is 11.5 Å². The van der Waals surface area contributed by atoms with Gasteiger partial charge in [-0.1, -0.05) is 17.7 Å². The van der Waals surface area contributed by atoms with Crippen LogP contribution in [0.25, 0.3) is 0 Å². The van der Waals surface area contributed by atoms with Gasteiger partial charge in [0.25, 0.3) is 5.69 Å². The summed E-state index contributed by atoms with van der Waals surface area (Å²) in [5.41, 5.74) is 0.177. The molecule has 2 rings (SSSR count). The normalized spacial score (nSPS) is 10.3. The summed E-state index contributed by atoms with van der Waals surface area (Å²) in [5.74, 6) is -0.429. The van der Waals surface area contributed by atoms with E-state index in [4.69, 9.17) is 21.1 Å². The zero-order valence-corrected chi connectivity index (χ0v) is 14.9. The van der Waals surface area contributed by atoms with E-state index in [1.54, 1.807) is 12.1 Å². The zero-order chi connectivity index (χ0) is 19.3. The smallest absolute Gasteiger partial charge is 0.350 e. The third-order valence-electron chi connectivity index (χ3n) is 3.57. The molecular formula is C18H16ClNO6. The van der Waals surface area contributed by atoms with Crippen molar-refractivity contribution in [3.63, 3.8) is 0 Å². The number of hydrogen-bond donors (Lipinski definition) is 0. The number of benzene rings is 2. The largest absolute Gasteiger partial charge is 0.493 e. The second-order valence-electron chi connectivity index (χ2n) is 5.50. The van der Waals surface area contributed by atoms with Gasteiger partial charge in [-0.25, -0.2) is 4.79 Å². The highest BCUT2D eigenvalue weighted by Crippen LogP contribution is 2.31. The number of ketones is 1. The number of nitro benzene ring substituents is 1. The number of rotatable bonds is 7. The number of Topliss-reactive ketones (excluding diaryl/α,β-unsaturated/α-hetero) is 1. The molecular weight excluding hydrogens is 362 g/mol. The van der Waals surface area contributed by atoms with Crippen molar-refractivity contribution in [1.29, 1.82) is 0 Å². The van der Waals surface area contributed by atoms with Gasteiger partial charge in [0.1, 0.15) is 11.3 Å². The van der Waals surface area contributed by atoms with Crippen LogP contribution in [0.15, 0.2) is 36.4 Å². The first-order valence-corrected chi connectivity index (χ1v) is 8.02. The molecule has 0 aliphatic heterocycles. The Bertz CT molecular complexity index is 865. The summed E-state index contributed by atoms with van der Waals surface area (Å²) < 4.78 is 10.5. The van der Waals surface area contributed by atoms with Crippen molar-refractivity contribution in [2.75, 3.05) is 7.11 Å². The molecule has 0 radical (unpaired) electrons. The first kappa shape index (κ1) is 19.4. The highest BCUT2D eigenvalue weighted by molar-refractivity contribution is 6.31. The van der Waals surface area contributed by atoms with Crippen molar-refractivity contribution < 1.29 is 24.0 Å². The monoisotopic (exact) mass is 377 g/mol. The Morgan fingerprint density at radius 2 is 1.88 bits per heavy atom. The van der Waals surface area contributed by atoms with Crippen LogP contribution in [0.1, 0.15) is 29.3 Å². The molecule has 2 aromatic rings. The molecule has 2 aromatic carbocycles. The van der Waals surface area contributed by atoms with Crippen LogP contribution >= 0.6 is 11.6 Å². The highest BCUT2D eigenvalue weighted by Gasteiger charge is 2.23. The first-order chi connectivity index (χ1) is 12.3. The third-order valence-corrected chi connectivity index (χ3v) is 3.81. The lowest BCUT2D eigenvalue weighted by Gasteiger charge is -2.11. The molecule has 0 atom stereocenters. The van der Waals surface area contributed by atoms with E-state index < -0.39 is 16.6 Å². The quantitative estimate of drug-likeness (QED) is 0.313. The van der Waals surface area contributed by atoms with Crippen molar-refractivity contribution in [2.45, 2.75) is 19.8 Å². The summed E-state index contributed by atoms with van der Waals surface area (Å²) in [7, 11) is 1.41. The minimum atomic E-state index is -0.900. The summed E-state index contributed by atoms with van der Waals surface area (Å²) >= 11 is 5.74. The second-order valence-corrected chi connectivity index (χ2v) is 5.93. The Balaban J connectivity index is 2.26. The maximum absolute atomic E-state index is 12.3. The number of hydrogen-bond acceptors (Lipinski definition) is 6. The molecule has 0 heterocycles. The van der Waals surface area contributed by atoms with E-state index in [-0.39, 0.29) is 27.9 Å². The maximum atomic E-state index is 12.3. The molecule has 0 unspecified atom stereocenters. The van der Waals surface area contributed by atoms with Crippen molar-refractivity contribution in [3.05, 3.63) is 62.7 Å². The molecule has 8 heteroatoms. The lowest BCUT2D eigenvalue weighted by atomic mass is 10.1. The maximum Gasteiger partial charge on any atom is 0.350 e. The fraction of sp³-hybridized carbons (Fsp3) is 0.222. The lowest BCUT2D eigenvalue weighted by molar-refractivity contribution is -0.385. The van der Waals surface area contributed by atoms with Gasteiger partial charge in [-0.15, -0.1) is 0 Å². The van der Waals surface area contributed by atoms with E-state index >= 15 is 0 Å². The minimum absolute atomic E-state index is 0.0644. The Kier molecular flexibility index (Phi) is 6.30. The number of esters is 1. The summed E-state index contributed by atoms with van der Waals surface area (Å²) in [6.45, 7) is 1.51. The average Bonchev–Trinajstić information content (AvgIpc) is 2.60. The molecule has 0 saturated heterocycles.